The number of hydrogen-bond acceptors (Lipinski definition) is 1. The van der Waals surface area contributed by atoms with Gasteiger partial charge >= 0.3 is 7.48 Å². The average molecular weight is 195 g/mol. The lowest BCUT2D eigenvalue weighted by Crippen LogP contribution is -2.27. The van der Waals surface area contributed by atoms with Crippen molar-refractivity contribution in [1.82, 2.24) is 0 Å². The monoisotopic (exact) mass is 195 g/mol. The van der Waals surface area contributed by atoms with Crippen LogP contribution in [0.15, 0.2) is 0 Å². The van der Waals surface area contributed by atoms with Gasteiger partial charge in [-0.1, -0.05) is 0 Å². The molecule has 69 valence electrons. The van der Waals surface area contributed by atoms with Gasteiger partial charge in [-0.15, -0.1) is 0 Å². The Morgan fingerprint density at radius 1 is 0.692 bits per heavy atom. The zero-order chi connectivity index (χ0) is 10.2. The van der Waals surface area contributed by atoms with Crippen molar-refractivity contribution < 1.29 is 27.0 Å². The summed E-state index contributed by atoms with van der Waals surface area (Å²) in [5.74, 6) is -10.5. The zero-order valence-corrected chi connectivity index (χ0v) is 5.91. The van der Waals surface area contributed by atoms with Crippen molar-refractivity contribution in [2.45, 2.75) is 0 Å². The van der Waals surface area contributed by atoms with Gasteiger partial charge in [-0.05, 0) is 0 Å². The Morgan fingerprint density at radius 2 is 1.00 bits per heavy atom. The van der Waals surface area contributed by atoms with Crippen LogP contribution in [-0.2, 0) is 0 Å². The second-order valence-corrected chi connectivity index (χ2v) is 2.11. The van der Waals surface area contributed by atoms with E-state index in [0.29, 0.717) is 0 Å². The Kier molecular flexibility index (Phi) is 2.56. The van der Waals surface area contributed by atoms with Crippen molar-refractivity contribution in [2.75, 3.05) is 0 Å². The molecule has 1 N–H and O–H groups in total. The molecule has 0 saturated heterocycles. The first-order valence-electron chi connectivity index (χ1n) is 2.99. The van der Waals surface area contributed by atoms with E-state index in [0.717, 1.165) is 0 Å². The third-order valence-electron chi connectivity index (χ3n) is 1.37. The number of halogens is 5. The molecule has 0 aliphatic heterocycles. The molecule has 0 bridgehead atoms. The van der Waals surface area contributed by atoms with Crippen LogP contribution in [0.3, 0.4) is 0 Å². The molecular weight excluding hydrogens is 194 g/mol. The van der Waals surface area contributed by atoms with Crippen LogP contribution in [-0.4, -0.2) is 12.5 Å². The van der Waals surface area contributed by atoms with Crippen LogP contribution >= 0.6 is 0 Å². The fraction of sp³-hybridized carbons (Fsp3) is 0. The summed E-state index contributed by atoms with van der Waals surface area (Å²) in [5.41, 5.74) is -1.35. The van der Waals surface area contributed by atoms with E-state index >= 15 is 0 Å². The van der Waals surface area contributed by atoms with Crippen LogP contribution in [0.2, 0.25) is 0 Å². The van der Waals surface area contributed by atoms with E-state index in [1.54, 1.807) is 0 Å². The molecule has 0 aromatic heterocycles. The Bertz CT molecular complexity index is 324. The third kappa shape index (κ3) is 1.39. The van der Waals surface area contributed by atoms with Gasteiger partial charge in [0.15, 0.2) is 29.1 Å². The van der Waals surface area contributed by atoms with E-state index in [1.807, 2.05) is 0 Å². The Morgan fingerprint density at radius 3 is 1.31 bits per heavy atom. The highest BCUT2D eigenvalue weighted by Crippen LogP contribution is 2.15. The molecule has 1 nitrogen and oxygen atoms in total. The van der Waals surface area contributed by atoms with Crippen LogP contribution in [0.4, 0.5) is 22.0 Å². The minimum Gasteiger partial charge on any atom is -0.450 e. The van der Waals surface area contributed by atoms with E-state index in [1.165, 1.54) is 0 Å². The van der Waals surface area contributed by atoms with E-state index in [-0.39, 0.29) is 7.48 Å². The molecule has 1 radical (unpaired) electrons. The summed E-state index contributed by atoms with van der Waals surface area (Å²) >= 11 is 0. The first-order valence-corrected chi connectivity index (χ1v) is 2.99. The van der Waals surface area contributed by atoms with E-state index in [2.05, 4.69) is 0 Å². The number of benzene rings is 1. The molecule has 0 fully saturated rings. The summed E-state index contributed by atoms with van der Waals surface area (Å²) in [6.45, 7) is 0. The van der Waals surface area contributed by atoms with Crippen LogP contribution < -0.4 is 5.46 Å². The van der Waals surface area contributed by atoms with Crippen molar-refractivity contribution in [3.05, 3.63) is 29.1 Å². The molecular formula is C6HBF5O. The fourth-order valence-corrected chi connectivity index (χ4v) is 0.735. The van der Waals surface area contributed by atoms with Crippen LogP contribution in [0, 0.1) is 29.1 Å². The quantitative estimate of drug-likeness (QED) is 0.301. The van der Waals surface area contributed by atoms with Gasteiger partial charge in [0.1, 0.15) is 0 Å². The highest BCUT2D eigenvalue weighted by molar-refractivity contribution is 6.45. The predicted molar refractivity (Wildman–Crippen MR) is 33.8 cm³/mol. The molecule has 0 aliphatic rings. The Labute approximate surface area is 70.1 Å². The standard InChI is InChI=1S/C6HBF5O/c8-2-1(7-13)3(9)5(11)6(12)4(2)10/h13H. The third-order valence-corrected chi connectivity index (χ3v) is 1.37. The van der Waals surface area contributed by atoms with Gasteiger partial charge in [-0.25, -0.2) is 22.0 Å². The van der Waals surface area contributed by atoms with E-state index in [4.69, 9.17) is 5.02 Å². The lowest BCUT2D eigenvalue weighted by Gasteiger charge is -2.03. The summed E-state index contributed by atoms with van der Waals surface area (Å²) in [4.78, 5) is 0. The highest BCUT2D eigenvalue weighted by atomic mass is 19.2. The fourth-order valence-electron chi connectivity index (χ4n) is 0.735. The topological polar surface area (TPSA) is 20.2 Å². The normalized spacial score (nSPS) is 10.3. The van der Waals surface area contributed by atoms with Crippen LogP contribution in [0.25, 0.3) is 0 Å². The summed E-state index contributed by atoms with van der Waals surface area (Å²) in [5, 5.41) is 8.18. The van der Waals surface area contributed by atoms with Crippen molar-refractivity contribution in [3.63, 3.8) is 0 Å². The molecule has 7 heteroatoms. The van der Waals surface area contributed by atoms with Crippen molar-refractivity contribution in [3.8, 4) is 0 Å². The molecule has 0 saturated carbocycles. The molecule has 0 atom stereocenters. The van der Waals surface area contributed by atoms with Crippen LogP contribution in [0.5, 0.6) is 0 Å². The largest absolute Gasteiger partial charge is 0.450 e. The lowest BCUT2D eigenvalue weighted by molar-refractivity contribution is 0.383. The van der Waals surface area contributed by atoms with E-state index in [9.17, 15) is 22.0 Å². The minimum atomic E-state index is -2.25. The lowest BCUT2D eigenvalue weighted by atomic mass is 9.87. The van der Waals surface area contributed by atoms with Gasteiger partial charge in [0.25, 0.3) is 0 Å². The summed E-state index contributed by atoms with van der Waals surface area (Å²) in [6.07, 6.45) is 0. The predicted octanol–water partition coefficient (Wildman–Crippen LogP) is 0.619. The molecule has 0 aliphatic carbocycles. The van der Waals surface area contributed by atoms with E-state index < -0.39 is 34.5 Å². The first kappa shape index (κ1) is 9.98. The molecule has 0 spiro atoms. The number of hydrogen-bond donors (Lipinski definition) is 1. The SMILES string of the molecule is O[B]c1c(F)c(F)c(F)c(F)c1F. The van der Waals surface area contributed by atoms with Gasteiger partial charge in [0.2, 0.25) is 0 Å². The smallest absolute Gasteiger partial charge is 0.333 e. The molecule has 0 amide bonds. The second-order valence-electron chi connectivity index (χ2n) is 2.11. The Hall–Kier alpha value is -1.11. The molecule has 1 aromatic rings. The first-order chi connectivity index (χ1) is 6.00. The summed E-state index contributed by atoms with van der Waals surface area (Å²) < 4.78 is 61.9. The van der Waals surface area contributed by atoms with Crippen molar-refractivity contribution in [2.24, 2.45) is 0 Å². The van der Waals surface area contributed by atoms with Crippen molar-refractivity contribution >= 4 is 12.9 Å². The molecule has 13 heavy (non-hydrogen) atoms. The molecule has 0 unspecified atom stereocenters. The maximum atomic E-state index is 12.5. The van der Waals surface area contributed by atoms with Crippen LogP contribution in [0.1, 0.15) is 0 Å². The minimum absolute atomic E-state index is 0.184. The number of rotatable bonds is 1. The van der Waals surface area contributed by atoms with Gasteiger partial charge in [-0.3, -0.25) is 0 Å². The summed E-state index contributed by atoms with van der Waals surface area (Å²) in [6, 6.07) is 0. The summed E-state index contributed by atoms with van der Waals surface area (Å²) in [7, 11) is -0.184. The van der Waals surface area contributed by atoms with Crippen molar-refractivity contribution in [1.29, 1.82) is 0 Å². The van der Waals surface area contributed by atoms with Gasteiger partial charge in [0, 0.05) is 5.46 Å². The Balaban J connectivity index is 3.56. The van der Waals surface area contributed by atoms with Gasteiger partial charge < -0.3 is 5.02 Å². The highest BCUT2D eigenvalue weighted by Gasteiger charge is 2.25. The molecule has 1 rings (SSSR count). The second kappa shape index (κ2) is 3.33. The molecule has 0 heterocycles. The van der Waals surface area contributed by atoms with Gasteiger partial charge in [0.05, 0.1) is 0 Å². The zero-order valence-electron chi connectivity index (χ0n) is 5.91. The molecule has 1 aromatic carbocycles. The average Bonchev–Trinajstić information content (AvgIpc) is 2.13. The maximum absolute atomic E-state index is 12.5. The van der Waals surface area contributed by atoms with Gasteiger partial charge in [-0.2, -0.15) is 0 Å². The maximum Gasteiger partial charge on any atom is 0.333 e.